The van der Waals surface area contributed by atoms with E-state index in [4.69, 9.17) is 0 Å². The normalized spacial score (nSPS) is 10.0. The van der Waals surface area contributed by atoms with E-state index in [9.17, 15) is 4.39 Å². The van der Waals surface area contributed by atoms with E-state index in [1.165, 1.54) is 0 Å². The molecule has 1 aromatic heterocycles. The summed E-state index contributed by atoms with van der Waals surface area (Å²) in [6.45, 7) is 0.368. The fourth-order valence-corrected chi connectivity index (χ4v) is 0.793. The predicted molar refractivity (Wildman–Crippen MR) is 42.3 cm³/mol. The predicted octanol–water partition coefficient (Wildman–Crippen LogP) is 1.19. The maximum absolute atomic E-state index is 11.6. The third kappa shape index (κ3) is 2.57. The van der Waals surface area contributed by atoms with E-state index in [1.54, 1.807) is 4.68 Å². The van der Waals surface area contributed by atoms with E-state index < -0.39 is 0 Å². The molecule has 0 saturated heterocycles. The summed E-state index contributed by atoms with van der Waals surface area (Å²) >= 11 is 0. The first-order valence-electron chi connectivity index (χ1n) is 3.62. The van der Waals surface area contributed by atoms with Gasteiger partial charge in [0.2, 0.25) is 0 Å². The Bertz CT molecular complexity index is 209. The van der Waals surface area contributed by atoms with E-state index >= 15 is 0 Å². The molecule has 1 heterocycles. The van der Waals surface area contributed by atoms with Gasteiger partial charge in [0, 0.05) is 25.9 Å². The number of aryl methyl sites for hydroxylation is 1. The second-order valence-corrected chi connectivity index (χ2v) is 2.34. The summed E-state index contributed by atoms with van der Waals surface area (Å²) in [6.07, 6.45) is 2.38. The van der Waals surface area contributed by atoms with Crippen LogP contribution in [0.3, 0.4) is 0 Å². The first kappa shape index (κ1) is 8.04. The Balaban J connectivity index is 2.27. The van der Waals surface area contributed by atoms with Crippen molar-refractivity contribution in [1.82, 2.24) is 9.78 Å². The molecule has 62 valence electrons. The van der Waals surface area contributed by atoms with Crippen molar-refractivity contribution < 1.29 is 4.39 Å². The summed E-state index contributed by atoms with van der Waals surface area (Å²) in [5, 5.41) is 7.06. The minimum Gasteiger partial charge on any atom is -0.369 e. The zero-order valence-corrected chi connectivity index (χ0v) is 6.55. The van der Waals surface area contributed by atoms with Crippen molar-refractivity contribution >= 4 is 5.82 Å². The van der Waals surface area contributed by atoms with Gasteiger partial charge in [0.15, 0.2) is 0 Å². The van der Waals surface area contributed by atoms with E-state index in [0.29, 0.717) is 13.0 Å². The van der Waals surface area contributed by atoms with Crippen molar-refractivity contribution in [3.63, 3.8) is 0 Å². The van der Waals surface area contributed by atoms with Crippen molar-refractivity contribution in [2.75, 3.05) is 18.5 Å². The molecule has 4 heteroatoms. The molecule has 0 saturated carbocycles. The van der Waals surface area contributed by atoms with Gasteiger partial charge in [-0.2, -0.15) is 5.10 Å². The molecule has 0 aliphatic carbocycles. The summed E-state index contributed by atoms with van der Waals surface area (Å²) in [7, 11) is 1.85. The van der Waals surface area contributed by atoms with Crippen molar-refractivity contribution in [2.45, 2.75) is 6.42 Å². The lowest BCUT2D eigenvalue weighted by molar-refractivity contribution is 0.481. The number of nitrogens with zero attached hydrogens (tertiary/aromatic N) is 2. The van der Waals surface area contributed by atoms with Gasteiger partial charge in [-0.3, -0.25) is 9.07 Å². The smallest absolute Gasteiger partial charge is 0.147 e. The zero-order valence-electron chi connectivity index (χ0n) is 6.55. The molecule has 0 aliphatic rings. The van der Waals surface area contributed by atoms with Crippen LogP contribution in [0, 0.1) is 0 Å². The third-order valence-electron chi connectivity index (χ3n) is 1.33. The first-order chi connectivity index (χ1) is 5.33. The van der Waals surface area contributed by atoms with E-state index in [1.807, 2.05) is 19.3 Å². The lowest BCUT2D eigenvalue weighted by Gasteiger charge is -1.98. The van der Waals surface area contributed by atoms with Crippen LogP contribution in [0.25, 0.3) is 0 Å². The minimum atomic E-state index is -0.278. The van der Waals surface area contributed by atoms with Gasteiger partial charge in [-0.05, 0) is 6.42 Å². The summed E-state index contributed by atoms with van der Waals surface area (Å²) in [4.78, 5) is 0. The summed E-state index contributed by atoms with van der Waals surface area (Å²) in [5.74, 6) is 0.806. The Kier molecular flexibility index (Phi) is 2.89. The second-order valence-electron chi connectivity index (χ2n) is 2.34. The monoisotopic (exact) mass is 157 g/mol. The molecule has 1 rings (SSSR count). The van der Waals surface area contributed by atoms with Gasteiger partial charge < -0.3 is 5.32 Å². The van der Waals surface area contributed by atoms with Crippen LogP contribution in [-0.4, -0.2) is 23.0 Å². The number of hydrogen-bond donors (Lipinski definition) is 1. The molecule has 0 aromatic carbocycles. The summed E-state index contributed by atoms with van der Waals surface area (Å²) in [6, 6.07) is 1.86. The molecule has 3 nitrogen and oxygen atoms in total. The first-order valence-corrected chi connectivity index (χ1v) is 3.62. The average Bonchev–Trinajstić information content (AvgIpc) is 2.37. The number of alkyl halides is 1. The van der Waals surface area contributed by atoms with Crippen LogP contribution in [0.5, 0.6) is 0 Å². The molecule has 0 bridgehead atoms. The number of nitrogens with one attached hydrogen (secondary N) is 1. The second kappa shape index (κ2) is 3.95. The zero-order chi connectivity index (χ0) is 8.10. The molecule has 1 N–H and O–H groups in total. The van der Waals surface area contributed by atoms with Gasteiger partial charge in [-0.15, -0.1) is 0 Å². The van der Waals surface area contributed by atoms with Crippen LogP contribution in [0.15, 0.2) is 12.3 Å². The van der Waals surface area contributed by atoms with Crippen molar-refractivity contribution in [3.05, 3.63) is 12.3 Å². The lowest BCUT2D eigenvalue weighted by Crippen LogP contribution is -2.03. The van der Waals surface area contributed by atoms with Gasteiger partial charge in [0.05, 0.1) is 6.67 Å². The molecule has 1 aromatic rings. The fraction of sp³-hybridized carbons (Fsp3) is 0.571. The van der Waals surface area contributed by atoms with E-state index in [0.717, 1.165) is 5.82 Å². The van der Waals surface area contributed by atoms with Crippen LogP contribution in [0.1, 0.15) is 6.42 Å². The van der Waals surface area contributed by atoms with Gasteiger partial charge in [-0.1, -0.05) is 0 Å². The van der Waals surface area contributed by atoms with Gasteiger partial charge >= 0.3 is 0 Å². The summed E-state index contributed by atoms with van der Waals surface area (Å²) in [5.41, 5.74) is 0. The van der Waals surface area contributed by atoms with Gasteiger partial charge in [-0.25, -0.2) is 0 Å². The van der Waals surface area contributed by atoms with Gasteiger partial charge in [0.1, 0.15) is 5.82 Å². The quantitative estimate of drug-likeness (QED) is 0.665. The molecular weight excluding hydrogens is 145 g/mol. The highest BCUT2D eigenvalue weighted by Crippen LogP contribution is 1.99. The van der Waals surface area contributed by atoms with Crippen LogP contribution in [0.2, 0.25) is 0 Å². The maximum atomic E-state index is 11.6. The Morgan fingerprint density at radius 3 is 3.09 bits per heavy atom. The van der Waals surface area contributed by atoms with Crippen LogP contribution >= 0.6 is 0 Å². The van der Waals surface area contributed by atoms with E-state index in [2.05, 4.69) is 10.4 Å². The Morgan fingerprint density at radius 2 is 2.55 bits per heavy atom. The topological polar surface area (TPSA) is 29.9 Å². The molecule has 0 atom stereocenters. The minimum absolute atomic E-state index is 0.278. The molecule has 0 spiro atoms. The Morgan fingerprint density at radius 1 is 1.73 bits per heavy atom. The fourth-order valence-electron chi connectivity index (χ4n) is 0.793. The van der Waals surface area contributed by atoms with Crippen LogP contribution in [0.4, 0.5) is 10.2 Å². The number of rotatable bonds is 4. The Hall–Kier alpha value is -1.06. The molecule has 0 unspecified atom stereocenters. The average molecular weight is 157 g/mol. The van der Waals surface area contributed by atoms with Crippen molar-refractivity contribution in [2.24, 2.45) is 7.05 Å². The molecule has 0 radical (unpaired) electrons. The molecular formula is C7H12FN3. The van der Waals surface area contributed by atoms with Gasteiger partial charge in [0.25, 0.3) is 0 Å². The largest absolute Gasteiger partial charge is 0.369 e. The molecule has 11 heavy (non-hydrogen) atoms. The lowest BCUT2D eigenvalue weighted by atomic mass is 10.4. The van der Waals surface area contributed by atoms with E-state index in [-0.39, 0.29) is 6.67 Å². The highest BCUT2D eigenvalue weighted by molar-refractivity contribution is 5.31. The summed E-state index contributed by atoms with van der Waals surface area (Å²) < 4.78 is 13.3. The van der Waals surface area contributed by atoms with Crippen molar-refractivity contribution in [1.29, 1.82) is 0 Å². The number of halogens is 1. The molecule has 0 amide bonds. The maximum Gasteiger partial charge on any atom is 0.147 e. The third-order valence-corrected chi connectivity index (χ3v) is 1.33. The number of hydrogen-bond acceptors (Lipinski definition) is 2. The highest BCUT2D eigenvalue weighted by atomic mass is 19.1. The number of anilines is 1. The van der Waals surface area contributed by atoms with Crippen molar-refractivity contribution in [3.8, 4) is 0 Å². The Labute approximate surface area is 65.2 Å². The van der Waals surface area contributed by atoms with Crippen LogP contribution < -0.4 is 5.32 Å². The molecule has 0 aliphatic heterocycles. The standard InChI is InChI=1S/C7H12FN3/c1-11-6-3-7(10-11)9-5-2-4-8/h3,6H,2,4-5H2,1H3,(H,9,10). The van der Waals surface area contributed by atoms with Crippen LogP contribution in [-0.2, 0) is 7.05 Å². The highest BCUT2D eigenvalue weighted by Gasteiger charge is 1.93. The number of aromatic nitrogens is 2. The SMILES string of the molecule is Cn1ccc(NCCCF)n1. The molecule has 0 fully saturated rings.